The average molecular weight is 364 g/mol. The van der Waals surface area contributed by atoms with E-state index in [4.69, 9.17) is 0 Å². The van der Waals surface area contributed by atoms with Crippen molar-refractivity contribution in [3.05, 3.63) is 35.5 Å². The third-order valence-electron chi connectivity index (χ3n) is 5.89. The maximum atomic E-state index is 12.7. The summed E-state index contributed by atoms with van der Waals surface area (Å²) in [5, 5.41) is 10.4. The van der Waals surface area contributed by atoms with Crippen molar-refractivity contribution in [1.29, 1.82) is 0 Å². The largest absolute Gasteiger partial charge is 0.478 e. The van der Waals surface area contributed by atoms with E-state index in [9.17, 15) is 18.7 Å². The lowest BCUT2D eigenvalue weighted by molar-refractivity contribution is 0.0341. The Morgan fingerprint density at radius 3 is 2.65 bits per heavy atom. The topological polar surface area (TPSA) is 45.5 Å². The SMILES string of the molecule is Cc1c(C(=O)O)c2ccccc2n1C(C)C1CCN(CC(F)F)C(C)C1. The molecule has 1 aromatic heterocycles. The minimum Gasteiger partial charge on any atom is -0.478 e. The molecule has 2 heterocycles. The van der Waals surface area contributed by atoms with Gasteiger partial charge in [-0.3, -0.25) is 4.90 Å². The molecule has 26 heavy (non-hydrogen) atoms. The Kier molecular flexibility index (Phi) is 5.32. The zero-order valence-corrected chi connectivity index (χ0v) is 15.5. The molecule has 0 aliphatic carbocycles. The maximum Gasteiger partial charge on any atom is 0.338 e. The molecule has 3 atom stereocenters. The van der Waals surface area contributed by atoms with Crippen molar-refractivity contribution in [2.24, 2.45) is 5.92 Å². The smallest absolute Gasteiger partial charge is 0.338 e. The fraction of sp³-hybridized carbons (Fsp3) is 0.550. The third kappa shape index (κ3) is 3.34. The van der Waals surface area contributed by atoms with Crippen LogP contribution in [0.5, 0.6) is 0 Å². The molecule has 1 saturated heterocycles. The zero-order chi connectivity index (χ0) is 19.0. The first kappa shape index (κ1) is 18.8. The zero-order valence-electron chi connectivity index (χ0n) is 15.5. The van der Waals surface area contributed by atoms with E-state index >= 15 is 0 Å². The van der Waals surface area contributed by atoms with Crippen LogP contribution in [0.4, 0.5) is 8.78 Å². The van der Waals surface area contributed by atoms with Crippen molar-refractivity contribution < 1.29 is 18.7 Å². The predicted molar refractivity (Wildman–Crippen MR) is 98.1 cm³/mol. The van der Waals surface area contributed by atoms with Crippen molar-refractivity contribution in [2.45, 2.75) is 52.1 Å². The summed E-state index contributed by atoms with van der Waals surface area (Å²) in [7, 11) is 0. The Balaban J connectivity index is 1.91. The molecule has 6 heteroatoms. The first-order valence-corrected chi connectivity index (χ1v) is 9.16. The van der Waals surface area contributed by atoms with Gasteiger partial charge in [-0.05, 0) is 52.1 Å². The lowest BCUT2D eigenvalue weighted by Crippen LogP contribution is -2.44. The normalized spacial score (nSPS) is 22.8. The molecule has 0 radical (unpaired) electrons. The molecule has 3 rings (SSSR count). The average Bonchev–Trinajstić information content (AvgIpc) is 2.87. The summed E-state index contributed by atoms with van der Waals surface area (Å²) in [6.45, 7) is 6.46. The minimum absolute atomic E-state index is 0.103. The number of para-hydroxylation sites is 1. The molecule has 1 N–H and O–H groups in total. The van der Waals surface area contributed by atoms with Crippen molar-refractivity contribution >= 4 is 16.9 Å². The van der Waals surface area contributed by atoms with Crippen LogP contribution in [0.3, 0.4) is 0 Å². The van der Waals surface area contributed by atoms with E-state index in [1.165, 1.54) is 0 Å². The number of carboxylic acid groups (broad SMARTS) is 1. The predicted octanol–water partition coefficient (Wildman–Crippen LogP) is 4.57. The number of aromatic nitrogens is 1. The molecule has 1 aliphatic rings. The van der Waals surface area contributed by atoms with E-state index in [1.54, 1.807) is 0 Å². The Morgan fingerprint density at radius 1 is 1.35 bits per heavy atom. The number of hydrogen-bond donors (Lipinski definition) is 1. The van der Waals surface area contributed by atoms with E-state index in [2.05, 4.69) is 11.5 Å². The highest BCUT2D eigenvalue weighted by atomic mass is 19.3. The van der Waals surface area contributed by atoms with Gasteiger partial charge in [0.2, 0.25) is 0 Å². The fourth-order valence-electron chi connectivity index (χ4n) is 4.54. The lowest BCUT2D eigenvalue weighted by atomic mass is 9.86. The number of halogens is 2. The molecule has 2 aromatic rings. The van der Waals surface area contributed by atoms with Crippen LogP contribution in [0, 0.1) is 12.8 Å². The Morgan fingerprint density at radius 2 is 2.04 bits per heavy atom. The molecule has 0 amide bonds. The summed E-state index contributed by atoms with van der Waals surface area (Å²) in [6.07, 6.45) is -0.630. The summed E-state index contributed by atoms with van der Waals surface area (Å²) >= 11 is 0. The molecule has 142 valence electrons. The molecule has 1 aromatic carbocycles. The van der Waals surface area contributed by atoms with E-state index in [1.807, 2.05) is 43.0 Å². The van der Waals surface area contributed by atoms with Crippen molar-refractivity contribution in [3.63, 3.8) is 0 Å². The number of benzene rings is 1. The number of aromatic carboxylic acids is 1. The van der Waals surface area contributed by atoms with Gasteiger partial charge in [-0.15, -0.1) is 0 Å². The van der Waals surface area contributed by atoms with Crippen LogP contribution in [-0.2, 0) is 0 Å². The number of carboxylic acids is 1. The van der Waals surface area contributed by atoms with Gasteiger partial charge in [-0.25, -0.2) is 13.6 Å². The van der Waals surface area contributed by atoms with Gasteiger partial charge < -0.3 is 9.67 Å². The van der Waals surface area contributed by atoms with Gasteiger partial charge in [-0.1, -0.05) is 18.2 Å². The second-order valence-corrected chi connectivity index (χ2v) is 7.41. The van der Waals surface area contributed by atoms with Crippen molar-refractivity contribution in [3.8, 4) is 0 Å². The van der Waals surface area contributed by atoms with Gasteiger partial charge in [0.05, 0.1) is 12.1 Å². The first-order chi connectivity index (χ1) is 12.3. The quantitative estimate of drug-likeness (QED) is 0.845. The highest BCUT2D eigenvalue weighted by molar-refractivity contribution is 6.05. The van der Waals surface area contributed by atoms with Crippen LogP contribution < -0.4 is 0 Å². The second kappa shape index (κ2) is 7.35. The van der Waals surface area contributed by atoms with E-state index in [0.717, 1.165) is 29.4 Å². The number of piperidine rings is 1. The molecule has 0 spiro atoms. The lowest BCUT2D eigenvalue weighted by Gasteiger charge is -2.40. The monoisotopic (exact) mass is 364 g/mol. The number of fused-ring (bicyclic) bond motifs is 1. The summed E-state index contributed by atoms with van der Waals surface area (Å²) in [5.74, 6) is -0.583. The summed E-state index contributed by atoms with van der Waals surface area (Å²) < 4.78 is 27.6. The van der Waals surface area contributed by atoms with Gasteiger partial charge in [0.15, 0.2) is 0 Å². The number of nitrogens with zero attached hydrogens (tertiary/aromatic N) is 2. The van der Waals surface area contributed by atoms with Gasteiger partial charge in [0.25, 0.3) is 6.43 Å². The molecule has 1 aliphatic heterocycles. The van der Waals surface area contributed by atoms with Crippen LogP contribution in [0.25, 0.3) is 10.9 Å². The van der Waals surface area contributed by atoms with Gasteiger partial charge in [0, 0.05) is 28.7 Å². The van der Waals surface area contributed by atoms with Gasteiger partial charge in [0.1, 0.15) is 0 Å². The molecule has 3 unspecified atom stereocenters. The molecule has 0 saturated carbocycles. The van der Waals surface area contributed by atoms with E-state index in [0.29, 0.717) is 18.0 Å². The van der Waals surface area contributed by atoms with Crippen molar-refractivity contribution in [1.82, 2.24) is 9.47 Å². The summed E-state index contributed by atoms with van der Waals surface area (Å²) in [5.41, 5.74) is 2.04. The number of hydrogen-bond acceptors (Lipinski definition) is 2. The number of alkyl halides is 2. The summed E-state index contributed by atoms with van der Waals surface area (Å²) in [6, 6.07) is 7.80. The molecular weight excluding hydrogens is 338 g/mol. The molecule has 0 bridgehead atoms. The highest BCUT2D eigenvalue weighted by Crippen LogP contribution is 2.37. The Bertz CT molecular complexity index is 802. The second-order valence-electron chi connectivity index (χ2n) is 7.41. The Hall–Kier alpha value is -1.95. The minimum atomic E-state index is -2.31. The van der Waals surface area contributed by atoms with Gasteiger partial charge in [-0.2, -0.15) is 0 Å². The van der Waals surface area contributed by atoms with Crippen LogP contribution in [0.15, 0.2) is 24.3 Å². The number of carbonyl (C=O) groups is 1. The molecular formula is C20H26F2N2O2. The first-order valence-electron chi connectivity index (χ1n) is 9.16. The van der Waals surface area contributed by atoms with Crippen molar-refractivity contribution in [2.75, 3.05) is 13.1 Å². The number of rotatable bonds is 5. The maximum absolute atomic E-state index is 12.7. The van der Waals surface area contributed by atoms with Crippen LogP contribution >= 0.6 is 0 Å². The molecule has 4 nitrogen and oxygen atoms in total. The summed E-state index contributed by atoms with van der Waals surface area (Å²) in [4.78, 5) is 13.6. The van der Waals surface area contributed by atoms with Gasteiger partial charge >= 0.3 is 5.97 Å². The van der Waals surface area contributed by atoms with Crippen LogP contribution in [0.2, 0.25) is 0 Å². The highest BCUT2D eigenvalue weighted by Gasteiger charge is 2.32. The molecule has 1 fully saturated rings. The van der Waals surface area contributed by atoms with Crippen LogP contribution in [0.1, 0.15) is 48.8 Å². The van der Waals surface area contributed by atoms with E-state index < -0.39 is 12.4 Å². The standard InChI is InChI=1S/C20H26F2N2O2/c1-12-10-15(8-9-23(12)11-18(21)22)13(2)24-14(3)19(20(25)26)16-6-4-5-7-17(16)24/h4-7,12-13,15,18H,8-11H2,1-3H3,(H,25,26). The Labute approximate surface area is 152 Å². The van der Waals surface area contributed by atoms with Crippen LogP contribution in [-0.4, -0.2) is 46.1 Å². The third-order valence-corrected chi connectivity index (χ3v) is 5.89. The number of likely N-dealkylation sites (tertiary alicyclic amines) is 1. The van der Waals surface area contributed by atoms with E-state index in [-0.39, 0.29) is 18.6 Å². The fourth-order valence-corrected chi connectivity index (χ4v) is 4.54.